The van der Waals surface area contributed by atoms with Gasteiger partial charge < -0.3 is 14.8 Å². The van der Waals surface area contributed by atoms with Gasteiger partial charge in [-0.15, -0.1) is 0 Å². The third-order valence-electron chi connectivity index (χ3n) is 2.87. The number of aromatic nitrogens is 1. The molecule has 96 valence electrons. The molecule has 0 fully saturated rings. The van der Waals surface area contributed by atoms with Gasteiger partial charge in [0.15, 0.2) is 0 Å². The molecule has 0 aliphatic carbocycles. The number of halogens is 1. The Morgan fingerprint density at radius 2 is 2.05 bits per heavy atom. The Labute approximate surface area is 123 Å². The maximum Gasteiger partial charge on any atom is 0.138 e. The van der Waals surface area contributed by atoms with E-state index in [0.717, 1.165) is 31.8 Å². The van der Waals surface area contributed by atoms with Crippen LogP contribution in [0.1, 0.15) is 0 Å². The van der Waals surface area contributed by atoms with Crippen LogP contribution < -0.4 is 5.32 Å². The first-order valence-corrected chi connectivity index (χ1v) is 6.82. The van der Waals surface area contributed by atoms with Crippen molar-refractivity contribution in [1.29, 1.82) is 0 Å². The zero-order valence-electron chi connectivity index (χ0n) is 10.1. The molecular weight excluding hydrogens is 355 g/mol. The summed E-state index contributed by atoms with van der Waals surface area (Å²) in [6.07, 6.45) is 0. The highest BCUT2D eigenvalue weighted by Crippen LogP contribution is 2.32. The number of furan rings is 1. The largest absolute Gasteiger partial charge is 0.508 e. The van der Waals surface area contributed by atoms with Gasteiger partial charge in [0, 0.05) is 18.0 Å². The number of nitrogens with one attached hydrogen (secondary N) is 1. The lowest BCUT2D eigenvalue weighted by molar-refractivity contribution is 0.476. The molecule has 0 aliphatic rings. The Bertz CT molecular complexity index is 752. The van der Waals surface area contributed by atoms with Crippen LogP contribution in [0, 0.1) is 3.70 Å². The molecule has 0 unspecified atom stereocenters. The minimum Gasteiger partial charge on any atom is -0.508 e. The molecule has 0 amide bonds. The molecule has 0 saturated carbocycles. The van der Waals surface area contributed by atoms with Crippen molar-refractivity contribution in [3.8, 4) is 17.1 Å². The minimum atomic E-state index is 0.234. The summed E-state index contributed by atoms with van der Waals surface area (Å²) in [4.78, 5) is 4.42. The molecule has 0 aliphatic heterocycles. The second-order valence-corrected chi connectivity index (χ2v) is 5.14. The lowest BCUT2D eigenvalue weighted by atomic mass is 10.2. The molecule has 4 nitrogen and oxygen atoms in total. The molecule has 2 aromatic heterocycles. The van der Waals surface area contributed by atoms with Crippen LogP contribution in [-0.4, -0.2) is 17.1 Å². The van der Waals surface area contributed by atoms with Crippen LogP contribution in [0.3, 0.4) is 0 Å². The van der Waals surface area contributed by atoms with E-state index in [1.807, 2.05) is 25.2 Å². The van der Waals surface area contributed by atoms with E-state index in [-0.39, 0.29) is 5.75 Å². The van der Waals surface area contributed by atoms with Crippen LogP contribution in [-0.2, 0) is 0 Å². The first-order valence-electron chi connectivity index (χ1n) is 5.74. The van der Waals surface area contributed by atoms with Gasteiger partial charge in [-0.25, -0.2) is 4.98 Å². The quantitative estimate of drug-likeness (QED) is 0.535. The van der Waals surface area contributed by atoms with Gasteiger partial charge in [-0.05, 0) is 59.0 Å². The maximum absolute atomic E-state index is 9.47. The monoisotopic (exact) mass is 366 g/mol. The molecule has 0 atom stereocenters. The molecule has 2 heterocycles. The van der Waals surface area contributed by atoms with E-state index in [4.69, 9.17) is 4.42 Å². The summed E-state index contributed by atoms with van der Waals surface area (Å²) in [6, 6.07) is 10.8. The number of hydrogen-bond donors (Lipinski definition) is 2. The summed E-state index contributed by atoms with van der Waals surface area (Å²) in [5, 5.41) is 13.3. The van der Waals surface area contributed by atoms with Gasteiger partial charge in [-0.3, -0.25) is 0 Å². The molecule has 2 N–H and O–H groups in total. The van der Waals surface area contributed by atoms with Crippen molar-refractivity contribution < 1.29 is 9.52 Å². The number of phenols is 1. The third-order valence-corrected chi connectivity index (χ3v) is 3.69. The average molecular weight is 366 g/mol. The fourth-order valence-electron chi connectivity index (χ4n) is 1.92. The molecule has 3 rings (SSSR count). The highest BCUT2D eigenvalue weighted by molar-refractivity contribution is 14.1. The fourth-order valence-corrected chi connectivity index (χ4v) is 2.63. The summed E-state index contributed by atoms with van der Waals surface area (Å²) in [5.74, 6) is 1.81. The summed E-state index contributed by atoms with van der Waals surface area (Å²) >= 11 is 2.18. The lowest BCUT2D eigenvalue weighted by Crippen LogP contribution is -1.94. The highest BCUT2D eigenvalue weighted by atomic mass is 127. The number of fused-ring (bicyclic) bond motifs is 1. The van der Waals surface area contributed by atoms with Crippen molar-refractivity contribution in [3.05, 3.63) is 40.1 Å². The summed E-state index contributed by atoms with van der Waals surface area (Å²) in [7, 11) is 1.84. The van der Waals surface area contributed by atoms with Crippen LogP contribution in [0.25, 0.3) is 22.3 Å². The molecule has 19 heavy (non-hydrogen) atoms. The van der Waals surface area contributed by atoms with Gasteiger partial charge in [-0.2, -0.15) is 0 Å². The standard InChI is InChI=1S/C14H11IN2O2/c1-16-13-5-3-10(14(15)17-13)12-7-8-6-9(18)2-4-11(8)19-12/h2-7,18H,1H3,(H,16,17). The van der Waals surface area contributed by atoms with Crippen molar-refractivity contribution in [2.45, 2.75) is 0 Å². The minimum absolute atomic E-state index is 0.234. The Morgan fingerprint density at radius 1 is 1.21 bits per heavy atom. The first-order chi connectivity index (χ1) is 9.17. The molecule has 5 heteroatoms. The van der Waals surface area contributed by atoms with E-state index >= 15 is 0 Å². The number of anilines is 1. The van der Waals surface area contributed by atoms with Gasteiger partial charge in [0.05, 0.1) is 0 Å². The van der Waals surface area contributed by atoms with E-state index in [2.05, 4.69) is 32.9 Å². The van der Waals surface area contributed by atoms with E-state index in [1.165, 1.54) is 0 Å². The third kappa shape index (κ3) is 2.25. The summed E-state index contributed by atoms with van der Waals surface area (Å²) in [5.41, 5.74) is 1.69. The molecule has 0 bridgehead atoms. The molecule has 0 spiro atoms. The maximum atomic E-state index is 9.47. The number of nitrogens with zero attached hydrogens (tertiary/aromatic N) is 1. The number of aromatic hydroxyl groups is 1. The second kappa shape index (κ2) is 4.73. The molecule has 0 radical (unpaired) electrons. The number of benzene rings is 1. The van der Waals surface area contributed by atoms with Crippen molar-refractivity contribution in [2.24, 2.45) is 0 Å². The fraction of sp³-hybridized carbons (Fsp3) is 0.0714. The second-order valence-electron chi connectivity index (χ2n) is 4.12. The van der Waals surface area contributed by atoms with Crippen LogP contribution in [0.15, 0.2) is 40.8 Å². The molecule has 3 aromatic rings. The topological polar surface area (TPSA) is 58.3 Å². The van der Waals surface area contributed by atoms with Crippen molar-refractivity contribution in [1.82, 2.24) is 4.98 Å². The van der Waals surface area contributed by atoms with Gasteiger partial charge in [0.25, 0.3) is 0 Å². The van der Waals surface area contributed by atoms with Gasteiger partial charge >= 0.3 is 0 Å². The van der Waals surface area contributed by atoms with Gasteiger partial charge in [-0.1, -0.05) is 0 Å². The average Bonchev–Trinajstić information content (AvgIpc) is 2.81. The van der Waals surface area contributed by atoms with Crippen molar-refractivity contribution in [2.75, 3.05) is 12.4 Å². The van der Waals surface area contributed by atoms with Crippen molar-refractivity contribution >= 4 is 39.4 Å². The van der Waals surface area contributed by atoms with E-state index in [1.54, 1.807) is 18.2 Å². The van der Waals surface area contributed by atoms with Crippen LogP contribution >= 0.6 is 22.6 Å². The van der Waals surface area contributed by atoms with E-state index in [0.29, 0.717) is 0 Å². The number of pyridine rings is 1. The summed E-state index contributed by atoms with van der Waals surface area (Å²) in [6.45, 7) is 0. The summed E-state index contributed by atoms with van der Waals surface area (Å²) < 4.78 is 6.66. The predicted octanol–water partition coefficient (Wildman–Crippen LogP) is 3.85. The molecule has 1 aromatic carbocycles. The van der Waals surface area contributed by atoms with Crippen molar-refractivity contribution in [3.63, 3.8) is 0 Å². The SMILES string of the molecule is CNc1ccc(-c2cc3cc(O)ccc3o2)c(I)n1. The zero-order chi connectivity index (χ0) is 13.4. The van der Waals surface area contributed by atoms with E-state index in [9.17, 15) is 5.11 Å². The Morgan fingerprint density at radius 3 is 2.79 bits per heavy atom. The van der Waals surface area contributed by atoms with Crippen LogP contribution in [0.5, 0.6) is 5.75 Å². The van der Waals surface area contributed by atoms with E-state index < -0.39 is 0 Å². The Balaban J connectivity index is 2.13. The van der Waals surface area contributed by atoms with Crippen LogP contribution in [0.2, 0.25) is 0 Å². The Hall–Kier alpha value is -1.76. The molecule has 0 saturated heterocycles. The number of hydrogen-bond acceptors (Lipinski definition) is 4. The van der Waals surface area contributed by atoms with Gasteiger partial charge in [0.2, 0.25) is 0 Å². The predicted molar refractivity (Wildman–Crippen MR) is 83.4 cm³/mol. The highest BCUT2D eigenvalue weighted by Gasteiger charge is 2.11. The van der Waals surface area contributed by atoms with Crippen LogP contribution in [0.4, 0.5) is 5.82 Å². The molecular formula is C14H11IN2O2. The zero-order valence-corrected chi connectivity index (χ0v) is 12.3. The van der Waals surface area contributed by atoms with Gasteiger partial charge in [0.1, 0.15) is 26.6 Å². The Kier molecular flexibility index (Phi) is 3.06. The normalized spacial score (nSPS) is 10.8. The lowest BCUT2D eigenvalue weighted by Gasteiger charge is -2.03. The smallest absolute Gasteiger partial charge is 0.138 e. The number of phenolic OH excluding ortho intramolecular Hbond substituents is 1. The number of rotatable bonds is 2. The first kappa shape index (κ1) is 12.3.